The average Bonchev–Trinajstić information content (AvgIpc) is 3.09. The highest BCUT2D eigenvalue weighted by molar-refractivity contribution is 6.26. The number of Topliss-reactive ketones (excluding diaryl/α,β-unsaturated/α-hetero) is 1. The molecule has 0 radical (unpaired) electrons. The predicted octanol–water partition coefficient (Wildman–Crippen LogP) is 4.04. The van der Waals surface area contributed by atoms with E-state index in [1.54, 1.807) is 13.0 Å². The second-order valence-electron chi connectivity index (χ2n) is 9.28. The van der Waals surface area contributed by atoms with Crippen LogP contribution in [0.3, 0.4) is 0 Å². The Bertz CT molecular complexity index is 1410. The topological polar surface area (TPSA) is 97.6 Å². The maximum atomic E-state index is 14.1. The molecule has 4 aliphatic rings. The summed E-state index contributed by atoms with van der Waals surface area (Å²) in [5.41, 5.74) is 2.17. The summed E-state index contributed by atoms with van der Waals surface area (Å²) in [5, 5.41) is 11.8. The normalized spacial score (nSPS) is 26.2. The molecule has 168 valence electrons. The molecule has 7 nitrogen and oxygen atoms in total. The van der Waals surface area contributed by atoms with Crippen LogP contribution >= 0.6 is 0 Å². The molecule has 3 aromatic rings. The summed E-state index contributed by atoms with van der Waals surface area (Å²) in [4.78, 5) is 53.8. The molecule has 0 N–H and O–H groups in total. The van der Waals surface area contributed by atoms with Crippen LogP contribution < -0.4 is 4.90 Å². The van der Waals surface area contributed by atoms with Crippen molar-refractivity contribution in [3.63, 3.8) is 0 Å². The van der Waals surface area contributed by atoms with Crippen LogP contribution in [0.15, 0.2) is 66.7 Å². The number of imide groups is 1. The van der Waals surface area contributed by atoms with Crippen molar-refractivity contribution >= 4 is 29.0 Å². The largest absolute Gasteiger partial charge is 0.299 e. The Balaban J connectivity index is 1.66. The Morgan fingerprint density at radius 3 is 2.09 bits per heavy atom. The summed E-state index contributed by atoms with van der Waals surface area (Å²) in [5.74, 6) is -3.48. The summed E-state index contributed by atoms with van der Waals surface area (Å²) in [6, 6.07) is 19.4. The zero-order chi connectivity index (χ0) is 23.9. The quantitative estimate of drug-likeness (QED) is 0.339. The lowest BCUT2D eigenvalue weighted by Crippen LogP contribution is -2.57. The summed E-state index contributed by atoms with van der Waals surface area (Å²) in [7, 11) is 0. The van der Waals surface area contributed by atoms with Crippen molar-refractivity contribution in [2.24, 2.45) is 11.8 Å². The number of benzene rings is 3. The van der Waals surface area contributed by atoms with Gasteiger partial charge in [0, 0.05) is 12.0 Å². The first kappa shape index (κ1) is 20.5. The molecule has 7 heteroatoms. The van der Waals surface area contributed by atoms with Gasteiger partial charge in [0.2, 0.25) is 11.8 Å². The van der Waals surface area contributed by atoms with E-state index in [2.05, 4.69) is 0 Å². The van der Waals surface area contributed by atoms with Crippen molar-refractivity contribution in [1.82, 2.24) is 0 Å². The number of rotatable bonds is 3. The van der Waals surface area contributed by atoms with Crippen LogP contribution in [0.5, 0.6) is 0 Å². The number of aryl methyl sites for hydroxylation is 1. The van der Waals surface area contributed by atoms with Crippen molar-refractivity contribution in [3.05, 3.63) is 105 Å². The lowest BCUT2D eigenvalue weighted by atomic mass is 9.46. The molecule has 7 rings (SSSR count). The number of nitro groups is 1. The van der Waals surface area contributed by atoms with E-state index in [-0.39, 0.29) is 17.2 Å². The van der Waals surface area contributed by atoms with Crippen LogP contribution in [-0.2, 0) is 19.8 Å². The van der Waals surface area contributed by atoms with Gasteiger partial charge in [0.1, 0.15) is 11.5 Å². The smallest absolute Gasteiger partial charge is 0.293 e. The number of ketones is 1. The molecule has 0 spiro atoms. The van der Waals surface area contributed by atoms with Crippen LogP contribution in [0, 0.1) is 28.9 Å². The van der Waals surface area contributed by atoms with Crippen LogP contribution in [0.1, 0.15) is 40.7 Å². The lowest BCUT2D eigenvalue weighted by molar-refractivity contribution is -0.384. The molecule has 1 heterocycles. The Morgan fingerprint density at radius 2 is 1.53 bits per heavy atom. The van der Waals surface area contributed by atoms with E-state index in [4.69, 9.17) is 0 Å². The van der Waals surface area contributed by atoms with Gasteiger partial charge < -0.3 is 0 Å². The van der Waals surface area contributed by atoms with Crippen molar-refractivity contribution in [1.29, 1.82) is 0 Å². The van der Waals surface area contributed by atoms with E-state index in [1.165, 1.54) is 19.1 Å². The van der Waals surface area contributed by atoms with Crippen molar-refractivity contribution in [2.45, 2.75) is 25.2 Å². The number of amides is 2. The third-order valence-corrected chi connectivity index (χ3v) is 7.74. The van der Waals surface area contributed by atoms with Crippen LogP contribution in [0.25, 0.3) is 0 Å². The first-order chi connectivity index (χ1) is 16.3. The zero-order valence-electron chi connectivity index (χ0n) is 18.5. The summed E-state index contributed by atoms with van der Waals surface area (Å²) in [6.45, 7) is 3.17. The number of nitro benzene ring substituents is 1. The fraction of sp³-hybridized carbons (Fsp3) is 0.222. The van der Waals surface area contributed by atoms with E-state index < -0.39 is 39.9 Å². The van der Waals surface area contributed by atoms with Crippen LogP contribution in [0.4, 0.5) is 11.4 Å². The third-order valence-electron chi connectivity index (χ3n) is 7.74. The molecule has 1 fully saturated rings. The number of carbonyl (C=O) groups is 3. The van der Waals surface area contributed by atoms with Gasteiger partial charge in [-0.3, -0.25) is 24.5 Å². The summed E-state index contributed by atoms with van der Waals surface area (Å²) in [6.07, 6.45) is 0. The molecule has 34 heavy (non-hydrogen) atoms. The van der Waals surface area contributed by atoms with Crippen LogP contribution in [-0.4, -0.2) is 22.5 Å². The van der Waals surface area contributed by atoms with Crippen molar-refractivity contribution in [3.8, 4) is 0 Å². The predicted molar refractivity (Wildman–Crippen MR) is 123 cm³/mol. The van der Waals surface area contributed by atoms with Gasteiger partial charge in [-0.25, -0.2) is 4.90 Å². The molecule has 1 aliphatic heterocycles. The van der Waals surface area contributed by atoms with E-state index >= 15 is 0 Å². The number of nitrogens with zero attached hydrogens (tertiary/aromatic N) is 2. The highest BCUT2D eigenvalue weighted by atomic mass is 16.6. The van der Waals surface area contributed by atoms with E-state index in [0.717, 1.165) is 27.2 Å². The Kier molecular flexibility index (Phi) is 4.03. The van der Waals surface area contributed by atoms with Gasteiger partial charge in [-0.1, -0.05) is 54.6 Å². The molecule has 0 saturated carbocycles. The summed E-state index contributed by atoms with van der Waals surface area (Å²) < 4.78 is 0. The standard InChI is InChI=1S/C27H20N2O5/c1-14-11-12-20(21(13-14)29(33)34)28-25(31)23-22-16-7-3-5-9-18(16)27(15(2)30,24(23)26(28)32)19-10-6-4-8-17(19)22/h3-13,22-24H,1-2H3. The molecule has 1 saturated heterocycles. The lowest BCUT2D eigenvalue weighted by Gasteiger charge is -2.52. The molecular formula is C27H20N2O5. The molecule has 2 unspecified atom stereocenters. The van der Waals surface area contributed by atoms with E-state index in [1.807, 2.05) is 48.5 Å². The van der Waals surface area contributed by atoms with E-state index in [0.29, 0.717) is 5.56 Å². The third kappa shape index (κ3) is 2.24. The molecule has 2 bridgehead atoms. The molecule has 3 aliphatic carbocycles. The second kappa shape index (κ2) is 6.70. The number of hydrogen-bond acceptors (Lipinski definition) is 5. The first-order valence-corrected chi connectivity index (χ1v) is 11.1. The average molecular weight is 452 g/mol. The zero-order valence-corrected chi connectivity index (χ0v) is 18.5. The Labute approximate surface area is 195 Å². The minimum Gasteiger partial charge on any atom is -0.299 e. The SMILES string of the molecule is CC(=O)C12c3ccccc3C(c3ccccc31)C1C(=O)N(c3ccc(C)cc3[N+](=O)[O-])C(=O)C12. The fourth-order valence-electron chi connectivity index (χ4n) is 6.58. The fourth-order valence-corrected chi connectivity index (χ4v) is 6.58. The van der Waals surface area contributed by atoms with Crippen LogP contribution in [0.2, 0.25) is 0 Å². The van der Waals surface area contributed by atoms with Gasteiger partial charge in [0.05, 0.1) is 22.2 Å². The van der Waals surface area contributed by atoms with Gasteiger partial charge >= 0.3 is 0 Å². The number of anilines is 1. The maximum absolute atomic E-state index is 14.1. The number of hydrogen-bond donors (Lipinski definition) is 0. The monoisotopic (exact) mass is 452 g/mol. The van der Waals surface area contributed by atoms with Gasteiger partial charge in [-0.05, 0) is 47.7 Å². The van der Waals surface area contributed by atoms with Crippen molar-refractivity contribution in [2.75, 3.05) is 4.90 Å². The van der Waals surface area contributed by atoms with Gasteiger partial charge in [-0.15, -0.1) is 0 Å². The van der Waals surface area contributed by atoms with E-state index in [9.17, 15) is 24.5 Å². The van der Waals surface area contributed by atoms with Gasteiger partial charge in [0.15, 0.2) is 0 Å². The van der Waals surface area contributed by atoms with Gasteiger partial charge in [0.25, 0.3) is 5.69 Å². The molecule has 2 amide bonds. The van der Waals surface area contributed by atoms with Crippen molar-refractivity contribution < 1.29 is 19.3 Å². The molecule has 3 aromatic carbocycles. The molecule has 0 aromatic heterocycles. The minimum absolute atomic E-state index is 0.0498. The second-order valence-corrected chi connectivity index (χ2v) is 9.28. The summed E-state index contributed by atoms with van der Waals surface area (Å²) >= 11 is 0. The molecular weight excluding hydrogens is 432 g/mol. The minimum atomic E-state index is -1.33. The molecule has 2 atom stereocenters. The maximum Gasteiger partial charge on any atom is 0.293 e. The highest BCUT2D eigenvalue weighted by Crippen LogP contribution is 2.64. The number of carbonyl (C=O) groups excluding carboxylic acids is 3. The highest BCUT2D eigenvalue weighted by Gasteiger charge is 2.70. The Morgan fingerprint density at radius 1 is 0.941 bits per heavy atom. The first-order valence-electron chi connectivity index (χ1n) is 11.1. The van der Waals surface area contributed by atoms with Gasteiger partial charge in [-0.2, -0.15) is 0 Å². The Hall–Kier alpha value is -4.13.